The highest BCUT2D eigenvalue weighted by atomic mass is 35.5. The summed E-state index contributed by atoms with van der Waals surface area (Å²) in [5, 5.41) is 0. The van der Waals surface area contributed by atoms with Gasteiger partial charge in [-0.1, -0.05) is 0 Å². The van der Waals surface area contributed by atoms with Crippen molar-refractivity contribution in [3.8, 4) is 0 Å². The minimum absolute atomic E-state index is 0.269. The van der Waals surface area contributed by atoms with Gasteiger partial charge >= 0.3 is 0 Å². The Morgan fingerprint density at radius 1 is 1.67 bits per heavy atom. The third-order valence-electron chi connectivity index (χ3n) is 1.41. The number of aromatic nitrogens is 1. The molecule has 0 aliphatic rings. The molecular formula is C8H9ClN2O. The number of halogens is 1. The molecule has 0 fully saturated rings. The number of alkyl halides is 1. The van der Waals surface area contributed by atoms with E-state index in [0.717, 1.165) is 5.56 Å². The molecule has 0 atom stereocenters. The molecule has 0 aliphatic heterocycles. The van der Waals surface area contributed by atoms with Crippen LogP contribution in [0.2, 0.25) is 0 Å². The maximum Gasteiger partial charge on any atom is 0.267 e. The van der Waals surface area contributed by atoms with Gasteiger partial charge in [-0.15, -0.1) is 11.6 Å². The summed E-state index contributed by atoms with van der Waals surface area (Å²) in [5.74, 6) is -0.229. The molecule has 0 saturated carbocycles. The van der Waals surface area contributed by atoms with Gasteiger partial charge in [0.05, 0.1) is 11.6 Å². The molecule has 64 valence electrons. The summed E-state index contributed by atoms with van der Waals surface area (Å²) in [6.45, 7) is 1.87. The van der Waals surface area contributed by atoms with E-state index in [-0.39, 0.29) is 5.69 Å². The Morgan fingerprint density at radius 3 is 2.83 bits per heavy atom. The standard InChI is InChI=1S/C8H9ClN2O/c1-5-2-6(4-9)11-7(3-5)8(10)12/h2-3H,4H2,1H3,(H2,10,12). The van der Waals surface area contributed by atoms with E-state index in [4.69, 9.17) is 17.3 Å². The van der Waals surface area contributed by atoms with Crippen molar-refractivity contribution in [2.75, 3.05) is 0 Å². The van der Waals surface area contributed by atoms with Gasteiger partial charge < -0.3 is 5.73 Å². The highest BCUT2D eigenvalue weighted by Gasteiger charge is 2.03. The van der Waals surface area contributed by atoms with Crippen molar-refractivity contribution in [1.82, 2.24) is 4.98 Å². The molecule has 12 heavy (non-hydrogen) atoms. The van der Waals surface area contributed by atoms with E-state index in [1.54, 1.807) is 6.07 Å². The SMILES string of the molecule is Cc1cc(CCl)nc(C(N)=O)c1. The molecule has 2 N–H and O–H groups in total. The molecule has 0 spiro atoms. The number of carbonyl (C=O) groups is 1. The molecule has 0 aromatic carbocycles. The summed E-state index contributed by atoms with van der Waals surface area (Å²) in [6.07, 6.45) is 0. The molecule has 4 heteroatoms. The van der Waals surface area contributed by atoms with Crippen molar-refractivity contribution in [2.24, 2.45) is 5.73 Å². The van der Waals surface area contributed by atoms with Gasteiger partial charge in [-0.3, -0.25) is 4.79 Å². The molecule has 1 heterocycles. The molecule has 0 saturated heterocycles. The average Bonchev–Trinajstić information content (AvgIpc) is 2.03. The van der Waals surface area contributed by atoms with E-state index in [2.05, 4.69) is 4.98 Å². The van der Waals surface area contributed by atoms with Gasteiger partial charge in [0.2, 0.25) is 0 Å². The number of carbonyl (C=O) groups excluding carboxylic acids is 1. The average molecular weight is 185 g/mol. The number of nitrogens with two attached hydrogens (primary N) is 1. The van der Waals surface area contributed by atoms with Crippen LogP contribution in [-0.4, -0.2) is 10.9 Å². The van der Waals surface area contributed by atoms with E-state index < -0.39 is 5.91 Å². The number of hydrogen-bond acceptors (Lipinski definition) is 2. The zero-order valence-electron chi connectivity index (χ0n) is 6.67. The van der Waals surface area contributed by atoms with Crippen molar-refractivity contribution in [3.63, 3.8) is 0 Å². The van der Waals surface area contributed by atoms with Gasteiger partial charge in [-0.05, 0) is 24.6 Å². The minimum atomic E-state index is -0.523. The van der Waals surface area contributed by atoms with E-state index in [9.17, 15) is 4.79 Å². The lowest BCUT2D eigenvalue weighted by atomic mass is 10.2. The summed E-state index contributed by atoms with van der Waals surface area (Å²) in [6, 6.07) is 3.46. The van der Waals surface area contributed by atoms with Crippen LogP contribution in [0.4, 0.5) is 0 Å². The molecule has 1 amide bonds. The van der Waals surface area contributed by atoms with Crippen molar-refractivity contribution in [1.29, 1.82) is 0 Å². The second-order valence-electron chi connectivity index (χ2n) is 2.52. The van der Waals surface area contributed by atoms with E-state index >= 15 is 0 Å². The van der Waals surface area contributed by atoms with Crippen LogP contribution in [0.3, 0.4) is 0 Å². The van der Waals surface area contributed by atoms with Crippen LogP contribution >= 0.6 is 11.6 Å². The number of hydrogen-bond donors (Lipinski definition) is 1. The quantitative estimate of drug-likeness (QED) is 0.703. The molecular weight excluding hydrogens is 176 g/mol. The first-order chi connectivity index (χ1) is 5.63. The van der Waals surface area contributed by atoms with E-state index in [0.29, 0.717) is 11.6 Å². The largest absolute Gasteiger partial charge is 0.364 e. The fourth-order valence-electron chi connectivity index (χ4n) is 0.934. The molecule has 3 nitrogen and oxygen atoms in total. The minimum Gasteiger partial charge on any atom is -0.364 e. The molecule has 0 unspecified atom stereocenters. The van der Waals surface area contributed by atoms with E-state index in [1.165, 1.54) is 0 Å². The topological polar surface area (TPSA) is 56.0 Å². The Bertz CT molecular complexity index is 312. The zero-order chi connectivity index (χ0) is 9.14. The Hall–Kier alpha value is -1.09. The van der Waals surface area contributed by atoms with Crippen LogP contribution in [0.5, 0.6) is 0 Å². The first-order valence-corrected chi connectivity index (χ1v) is 4.00. The van der Waals surface area contributed by atoms with E-state index in [1.807, 2.05) is 13.0 Å². The van der Waals surface area contributed by atoms with Gasteiger partial charge in [0.15, 0.2) is 0 Å². The highest BCUT2D eigenvalue weighted by Crippen LogP contribution is 2.06. The van der Waals surface area contributed by atoms with Gasteiger partial charge in [0.1, 0.15) is 5.69 Å². The van der Waals surface area contributed by atoms with Crippen molar-refractivity contribution in [3.05, 3.63) is 29.1 Å². The first kappa shape index (κ1) is 9.00. The second kappa shape index (κ2) is 3.54. The van der Waals surface area contributed by atoms with Crippen molar-refractivity contribution in [2.45, 2.75) is 12.8 Å². The van der Waals surface area contributed by atoms with Gasteiger partial charge in [0, 0.05) is 0 Å². The Morgan fingerprint density at radius 2 is 2.33 bits per heavy atom. The number of pyridine rings is 1. The maximum absolute atomic E-state index is 10.7. The summed E-state index contributed by atoms with van der Waals surface area (Å²) in [5.41, 5.74) is 6.94. The van der Waals surface area contributed by atoms with Crippen molar-refractivity contribution >= 4 is 17.5 Å². The van der Waals surface area contributed by atoms with Crippen LogP contribution in [0.25, 0.3) is 0 Å². The molecule has 0 bridgehead atoms. The Balaban J connectivity index is 3.15. The third-order valence-corrected chi connectivity index (χ3v) is 1.69. The molecule has 1 aromatic rings. The van der Waals surface area contributed by atoms with Crippen LogP contribution in [0.15, 0.2) is 12.1 Å². The van der Waals surface area contributed by atoms with Crippen LogP contribution < -0.4 is 5.73 Å². The number of amides is 1. The fraction of sp³-hybridized carbons (Fsp3) is 0.250. The molecule has 1 aromatic heterocycles. The monoisotopic (exact) mass is 184 g/mol. The predicted molar refractivity (Wildman–Crippen MR) is 47.0 cm³/mol. The predicted octanol–water partition coefficient (Wildman–Crippen LogP) is 1.23. The lowest BCUT2D eigenvalue weighted by Crippen LogP contribution is -2.14. The molecule has 1 rings (SSSR count). The Kier molecular flexibility index (Phi) is 2.65. The lowest BCUT2D eigenvalue weighted by Gasteiger charge is -2.00. The smallest absolute Gasteiger partial charge is 0.267 e. The summed E-state index contributed by atoms with van der Waals surface area (Å²) >= 11 is 5.56. The van der Waals surface area contributed by atoms with Crippen LogP contribution in [0, 0.1) is 6.92 Å². The molecule has 0 aliphatic carbocycles. The molecule has 0 radical (unpaired) electrons. The summed E-state index contributed by atoms with van der Waals surface area (Å²) < 4.78 is 0. The third kappa shape index (κ3) is 1.95. The van der Waals surface area contributed by atoms with Gasteiger partial charge in [-0.2, -0.15) is 0 Å². The zero-order valence-corrected chi connectivity index (χ0v) is 7.43. The van der Waals surface area contributed by atoms with Gasteiger partial charge in [-0.25, -0.2) is 4.98 Å². The van der Waals surface area contributed by atoms with Crippen LogP contribution in [-0.2, 0) is 5.88 Å². The lowest BCUT2D eigenvalue weighted by molar-refractivity contribution is 0.0995. The van der Waals surface area contributed by atoms with Crippen LogP contribution in [0.1, 0.15) is 21.7 Å². The Labute approximate surface area is 75.6 Å². The van der Waals surface area contributed by atoms with Gasteiger partial charge in [0.25, 0.3) is 5.91 Å². The summed E-state index contributed by atoms with van der Waals surface area (Å²) in [4.78, 5) is 14.7. The fourth-order valence-corrected chi connectivity index (χ4v) is 1.07. The maximum atomic E-state index is 10.7. The highest BCUT2D eigenvalue weighted by molar-refractivity contribution is 6.16. The second-order valence-corrected chi connectivity index (χ2v) is 2.79. The first-order valence-electron chi connectivity index (χ1n) is 3.47. The number of rotatable bonds is 2. The van der Waals surface area contributed by atoms with Crippen molar-refractivity contribution < 1.29 is 4.79 Å². The number of primary amides is 1. The normalized spacial score (nSPS) is 9.83. The summed E-state index contributed by atoms with van der Waals surface area (Å²) in [7, 11) is 0. The number of nitrogens with zero attached hydrogens (tertiary/aromatic N) is 1. The number of aryl methyl sites for hydroxylation is 1.